The predicted molar refractivity (Wildman–Crippen MR) is 98.0 cm³/mol. The summed E-state index contributed by atoms with van der Waals surface area (Å²) in [4.78, 5) is 12.7. The number of nitrogens with one attached hydrogen (secondary N) is 1. The van der Waals surface area contributed by atoms with Crippen LogP contribution in [0.3, 0.4) is 0 Å². The Bertz CT molecular complexity index is 827. The van der Waals surface area contributed by atoms with Crippen molar-refractivity contribution in [2.45, 2.75) is 70.6 Å². The number of hydrogen-bond acceptors (Lipinski definition) is 4. The van der Waals surface area contributed by atoms with Crippen LogP contribution in [0.4, 0.5) is 0 Å². The van der Waals surface area contributed by atoms with Gasteiger partial charge in [0, 0.05) is 24.4 Å². The summed E-state index contributed by atoms with van der Waals surface area (Å²) >= 11 is 0. The zero-order valence-electron chi connectivity index (χ0n) is 15.7. The van der Waals surface area contributed by atoms with Gasteiger partial charge in [0.15, 0.2) is 5.82 Å². The first kappa shape index (κ1) is 17.1. The normalized spacial score (nSPS) is 21.7. The second kappa shape index (κ2) is 6.41. The summed E-state index contributed by atoms with van der Waals surface area (Å²) in [6.07, 6.45) is 3.45. The molecule has 0 fully saturated rings. The zero-order valence-corrected chi connectivity index (χ0v) is 15.7. The molecule has 0 saturated heterocycles. The van der Waals surface area contributed by atoms with Gasteiger partial charge in [0.05, 0.1) is 12.0 Å². The lowest BCUT2D eigenvalue weighted by molar-refractivity contribution is -0.124. The maximum absolute atomic E-state index is 12.7. The highest BCUT2D eigenvalue weighted by atomic mass is 16.5. The Labute approximate surface area is 154 Å². The SMILES string of the molecule is C[C@H]1c2ccccc2O[C@H]1CC(=O)NC(C)(C)c1nnc2n1CCCC2. The van der Waals surface area contributed by atoms with Crippen molar-refractivity contribution in [3.05, 3.63) is 41.5 Å². The van der Waals surface area contributed by atoms with Gasteiger partial charge in [-0.1, -0.05) is 25.1 Å². The van der Waals surface area contributed by atoms with Crippen LogP contribution < -0.4 is 10.1 Å². The summed E-state index contributed by atoms with van der Waals surface area (Å²) in [5.41, 5.74) is 0.616. The van der Waals surface area contributed by atoms with E-state index in [0.717, 1.165) is 43.2 Å². The fourth-order valence-electron chi connectivity index (χ4n) is 4.06. The fourth-order valence-corrected chi connectivity index (χ4v) is 4.06. The molecule has 138 valence electrons. The summed E-state index contributed by atoms with van der Waals surface area (Å²) in [7, 11) is 0. The van der Waals surface area contributed by atoms with E-state index in [9.17, 15) is 4.79 Å². The van der Waals surface area contributed by atoms with Crippen LogP contribution in [0.2, 0.25) is 0 Å². The van der Waals surface area contributed by atoms with Gasteiger partial charge >= 0.3 is 0 Å². The van der Waals surface area contributed by atoms with Crippen LogP contribution in [0.25, 0.3) is 0 Å². The van der Waals surface area contributed by atoms with E-state index in [-0.39, 0.29) is 17.9 Å². The van der Waals surface area contributed by atoms with Crippen molar-refractivity contribution in [3.63, 3.8) is 0 Å². The van der Waals surface area contributed by atoms with Crippen LogP contribution in [-0.4, -0.2) is 26.8 Å². The van der Waals surface area contributed by atoms with Gasteiger partial charge in [-0.3, -0.25) is 4.79 Å². The van der Waals surface area contributed by atoms with Gasteiger partial charge in [-0.2, -0.15) is 0 Å². The Morgan fingerprint density at radius 3 is 2.92 bits per heavy atom. The van der Waals surface area contributed by atoms with Gasteiger partial charge in [0.25, 0.3) is 0 Å². The molecule has 3 heterocycles. The number of hydrogen-bond donors (Lipinski definition) is 1. The minimum Gasteiger partial charge on any atom is -0.489 e. The van der Waals surface area contributed by atoms with E-state index in [1.54, 1.807) is 0 Å². The van der Waals surface area contributed by atoms with Crippen LogP contribution >= 0.6 is 0 Å². The summed E-state index contributed by atoms with van der Waals surface area (Å²) in [5.74, 6) is 2.94. The Hall–Kier alpha value is -2.37. The molecule has 1 N–H and O–H groups in total. The number of benzene rings is 1. The molecule has 0 radical (unpaired) electrons. The topological polar surface area (TPSA) is 69.0 Å². The van der Waals surface area contributed by atoms with Crippen molar-refractivity contribution in [3.8, 4) is 5.75 Å². The van der Waals surface area contributed by atoms with Gasteiger partial charge < -0.3 is 14.6 Å². The highest BCUT2D eigenvalue weighted by Crippen LogP contribution is 2.39. The lowest BCUT2D eigenvalue weighted by atomic mass is 9.95. The Kier molecular flexibility index (Phi) is 4.21. The maximum atomic E-state index is 12.7. The average Bonchev–Trinajstić information content (AvgIpc) is 3.17. The molecule has 0 aliphatic carbocycles. The van der Waals surface area contributed by atoms with Crippen molar-refractivity contribution >= 4 is 5.91 Å². The highest BCUT2D eigenvalue weighted by molar-refractivity contribution is 5.77. The van der Waals surface area contributed by atoms with E-state index in [4.69, 9.17) is 4.74 Å². The molecule has 1 amide bonds. The molecule has 2 aliphatic heterocycles. The number of ether oxygens (including phenoxy) is 1. The van der Waals surface area contributed by atoms with Crippen LogP contribution in [0.15, 0.2) is 24.3 Å². The quantitative estimate of drug-likeness (QED) is 0.917. The van der Waals surface area contributed by atoms with Crippen molar-refractivity contribution < 1.29 is 9.53 Å². The average molecular weight is 354 g/mol. The monoisotopic (exact) mass is 354 g/mol. The second-order valence-electron chi connectivity index (χ2n) is 7.91. The number of fused-ring (bicyclic) bond motifs is 2. The third-order valence-electron chi connectivity index (χ3n) is 5.50. The maximum Gasteiger partial charge on any atom is 0.224 e. The van der Waals surface area contributed by atoms with Gasteiger partial charge in [-0.15, -0.1) is 10.2 Å². The first-order chi connectivity index (χ1) is 12.5. The van der Waals surface area contributed by atoms with Crippen LogP contribution in [-0.2, 0) is 23.3 Å². The number of nitrogens with zero attached hydrogens (tertiary/aromatic N) is 3. The molecular weight excluding hydrogens is 328 g/mol. The molecule has 26 heavy (non-hydrogen) atoms. The summed E-state index contributed by atoms with van der Waals surface area (Å²) in [5, 5.41) is 11.8. The molecule has 0 bridgehead atoms. The van der Waals surface area contributed by atoms with Crippen LogP contribution in [0.1, 0.15) is 63.2 Å². The van der Waals surface area contributed by atoms with E-state index >= 15 is 0 Å². The number of para-hydroxylation sites is 1. The Balaban J connectivity index is 1.44. The molecular formula is C20H26N4O2. The number of carbonyl (C=O) groups is 1. The molecule has 1 aromatic carbocycles. The summed E-state index contributed by atoms with van der Waals surface area (Å²) in [6, 6.07) is 8.02. The highest BCUT2D eigenvalue weighted by Gasteiger charge is 2.35. The second-order valence-corrected chi connectivity index (χ2v) is 7.91. The first-order valence-electron chi connectivity index (χ1n) is 9.45. The molecule has 2 aromatic rings. The van der Waals surface area contributed by atoms with Crippen molar-refractivity contribution in [2.24, 2.45) is 0 Å². The molecule has 0 spiro atoms. The predicted octanol–water partition coefficient (Wildman–Crippen LogP) is 2.92. The van der Waals surface area contributed by atoms with Gasteiger partial charge in [0.1, 0.15) is 17.7 Å². The van der Waals surface area contributed by atoms with E-state index in [0.29, 0.717) is 6.42 Å². The number of amides is 1. The molecule has 2 atom stereocenters. The number of aryl methyl sites for hydroxylation is 1. The third kappa shape index (κ3) is 2.97. The zero-order chi connectivity index (χ0) is 18.3. The molecule has 4 rings (SSSR count). The fraction of sp³-hybridized carbons (Fsp3) is 0.550. The molecule has 6 nitrogen and oxygen atoms in total. The smallest absolute Gasteiger partial charge is 0.224 e. The standard InChI is InChI=1S/C20H26N4O2/c1-13-14-8-4-5-9-15(14)26-16(13)12-18(25)21-20(2,3)19-23-22-17-10-6-7-11-24(17)19/h4-5,8-9,13,16H,6-7,10-12H2,1-3H3,(H,21,25)/t13-,16-/m0/s1. The lowest BCUT2D eigenvalue weighted by Gasteiger charge is -2.28. The lowest BCUT2D eigenvalue weighted by Crippen LogP contribution is -2.44. The van der Waals surface area contributed by atoms with Crippen molar-refractivity contribution in [2.75, 3.05) is 0 Å². The summed E-state index contributed by atoms with van der Waals surface area (Å²) in [6.45, 7) is 7.02. The Morgan fingerprint density at radius 1 is 1.31 bits per heavy atom. The van der Waals surface area contributed by atoms with Gasteiger partial charge in [-0.05, 0) is 32.8 Å². The summed E-state index contributed by atoms with van der Waals surface area (Å²) < 4.78 is 8.15. The molecule has 0 unspecified atom stereocenters. The molecule has 1 aromatic heterocycles. The van der Waals surface area contributed by atoms with Gasteiger partial charge in [0.2, 0.25) is 5.91 Å². The Morgan fingerprint density at radius 2 is 2.12 bits per heavy atom. The van der Waals surface area contributed by atoms with E-state index < -0.39 is 5.54 Å². The largest absolute Gasteiger partial charge is 0.489 e. The number of rotatable bonds is 4. The molecule has 0 saturated carbocycles. The minimum atomic E-state index is -0.561. The van der Waals surface area contributed by atoms with Crippen molar-refractivity contribution in [1.82, 2.24) is 20.1 Å². The number of carbonyl (C=O) groups excluding carboxylic acids is 1. The number of aromatic nitrogens is 3. The van der Waals surface area contributed by atoms with Crippen LogP contribution in [0.5, 0.6) is 5.75 Å². The molecule has 6 heteroatoms. The van der Waals surface area contributed by atoms with E-state index in [1.165, 1.54) is 5.56 Å². The first-order valence-corrected chi connectivity index (χ1v) is 9.45. The van der Waals surface area contributed by atoms with E-state index in [1.807, 2.05) is 32.0 Å². The van der Waals surface area contributed by atoms with Crippen LogP contribution in [0, 0.1) is 0 Å². The minimum absolute atomic E-state index is 0.0205. The van der Waals surface area contributed by atoms with Crippen molar-refractivity contribution in [1.29, 1.82) is 0 Å². The van der Waals surface area contributed by atoms with E-state index in [2.05, 4.69) is 33.1 Å². The molecule has 2 aliphatic rings. The van der Waals surface area contributed by atoms with Gasteiger partial charge in [-0.25, -0.2) is 0 Å². The third-order valence-corrected chi connectivity index (χ3v) is 5.50.